The maximum Gasteiger partial charge on any atom is 0.317 e. The van der Waals surface area contributed by atoms with Crippen LogP contribution < -0.4 is 5.32 Å². The number of hydrogen-bond acceptors (Lipinski definition) is 5. The summed E-state index contributed by atoms with van der Waals surface area (Å²) >= 11 is 0. The van der Waals surface area contributed by atoms with Crippen LogP contribution >= 0.6 is 0 Å². The molecular formula is C13H23N5O2. The minimum atomic E-state index is -0.199. The van der Waals surface area contributed by atoms with E-state index in [0.717, 1.165) is 26.2 Å². The lowest BCUT2D eigenvalue weighted by atomic mass is 10.1. The summed E-state index contributed by atoms with van der Waals surface area (Å²) < 4.78 is 5.37. The smallest absolute Gasteiger partial charge is 0.317 e. The number of carbonyl (C=O) groups excluding carboxylic acids is 1. The van der Waals surface area contributed by atoms with Gasteiger partial charge in [-0.05, 0) is 20.8 Å². The van der Waals surface area contributed by atoms with Gasteiger partial charge in [-0.3, -0.25) is 4.90 Å². The molecule has 0 unspecified atom stereocenters. The molecule has 7 heteroatoms. The second-order valence-corrected chi connectivity index (χ2v) is 6.16. The van der Waals surface area contributed by atoms with Crippen molar-refractivity contribution in [2.75, 3.05) is 26.2 Å². The maximum absolute atomic E-state index is 12.0. The van der Waals surface area contributed by atoms with Gasteiger partial charge in [0.05, 0.1) is 6.54 Å². The summed E-state index contributed by atoms with van der Waals surface area (Å²) in [7, 11) is 0. The molecule has 0 aromatic carbocycles. The second-order valence-electron chi connectivity index (χ2n) is 6.16. The molecule has 1 saturated heterocycles. The van der Waals surface area contributed by atoms with Crippen LogP contribution in [0.3, 0.4) is 0 Å². The van der Waals surface area contributed by atoms with Crippen LogP contribution in [0.15, 0.2) is 4.42 Å². The number of rotatable bonds is 2. The Bertz CT molecular complexity index is 458. The van der Waals surface area contributed by atoms with Gasteiger partial charge in [-0.2, -0.15) is 0 Å². The van der Waals surface area contributed by atoms with Gasteiger partial charge in [-0.15, -0.1) is 10.2 Å². The molecule has 0 radical (unpaired) electrons. The van der Waals surface area contributed by atoms with Gasteiger partial charge in [0.2, 0.25) is 11.8 Å². The fourth-order valence-corrected chi connectivity index (χ4v) is 2.10. The molecule has 1 aliphatic rings. The van der Waals surface area contributed by atoms with E-state index < -0.39 is 0 Å². The molecule has 1 N–H and O–H groups in total. The number of nitrogens with zero attached hydrogens (tertiary/aromatic N) is 4. The number of amides is 2. The van der Waals surface area contributed by atoms with Gasteiger partial charge in [-0.25, -0.2) is 4.79 Å². The van der Waals surface area contributed by atoms with Crippen molar-refractivity contribution in [2.24, 2.45) is 0 Å². The Morgan fingerprint density at radius 1 is 1.25 bits per heavy atom. The van der Waals surface area contributed by atoms with Crippen molar-refractivity contribution in [3.8, 4) is 0 Å². The highest BCUT2D eigenvalue weighted by molar-refractivity contribution is 5.75. The summed E-state index contributed by atoms with van der Waals surface area (Å²) in [5.41, 5.74) is -0.199. The highest BCUT2D eigenvalue weighted by Gasteiger charge is 2.24. The molecule has 7 nitrogen and oxygen atoms in total. The van der Waals surface area contributed by atoms with E-state index in [1.54, 1.807) is 6.92 Å². The Morgan fingerprint density at radius 3 is 2.40 bits per heavy atom. The predicted molar refractivity (Wildman–Crippen MR) is 74.2 cm³/mol. The summed E-state index contributed by atoms with van der Waals surface area (Å²) in [6, 6.07) is 0.00536. The zero-order valence-electron chi connectivity index (χ0n) is 12.6. The summed E-state index contributed by atoms with van der Waals surface area (Å²) in [6.07, 6.45) is 0. The maximum atomic E-state index is 12.0. The Morgan fingerprint density at radius 2 is 1.90 bits per heavy atom. The molecule has 2 heterocycles. The first-order valence-electron chi connectivity index (χ1n) is 6.92. The van der Waals surface area contributed by atoms with Gasteiger partial charge in [-0.1, -0.05) is 0 Å². The van der Waals surface area contributed by atoms with Crippen LogP contribution in [-0.2, 0) is 6.54 Å². The first kappa shape index (κ1) is 14.8. The number of carbonyl (C=O) groups is 1. The van der Waals surface area contributed by atoms with E-state index in [2.05, 4.69) is 20.4 Å². The highest BCUT2D eigenvalue weighted by atomic mass is 16.4. The van der Waals surface area contributed by atoms with E-state index in [4.69, 9.17) is 4.42 Å². The second kappa shape index (κ2) is 5.78. The van der Waals surface area contributed by atoms with Crippen LogP contribution in [0, 0.1) is 6.92 Å². The lowest BCUT2D eigenvalue weighted by Crippen LogP contribution is -2.54. The topological polar surface area (TPSA) is 74.5 Å². The third-order valence-electron chi connectivity index (χ3n) is 3.07. The summed E-state index contributed by atoms with van der Waals surface area (Å²) in [6.45, 7) is 11.5. The average Bonchev–Trinajstić information content (AvgIpc) is 2.73. The minimum Gasteiger partial charge on any atom is -0.424 e. The van der Waals surface area contributed by atoms with Crippen molar-refractivity contribution < 1.29 is 9.21 Å². The van der Waals surface area contributed by atoms with Crippen molar-refractivity contribution in [1.29, 1.82) is 0 Å². The fourth-order valence-electron chi connectivity index (χ4n) is 2.10. The van der Waals surface area contributed by atoms with Gasteiger partial charge in [0, 0.05) is 38.6 Å². The lowest BCUT2D eigenvalue weighted by Gasteiger charge is -2.35. The molecule has 0 bridgehead atoms. The molecule has 2 amide bonds. The van der Waals surface area contributed by atoms with Crippen LogP contribution in [0.4, 0.5) is 4.79 Å². The van der Waals surface area contributed by atoms with E-state index in [1.807, 2.05) is 25.7 Å². The average molecular weight is 281 g/mol. The van der Waals surface area contributed by atoms with E-state index in [0.29, 0.717) is 18.3 Å². The van der Waals surface area contributed by atoms with E-state index in [9.17, 15) is 4.79 Å². The molecule has 0 atom stereocenters. The van der Waals surface area contributed by atoms with E-state index in [-0.39, 0.29) is 11.6 Å². The molecular weight excluding hydrogens is 258 g/mol. The monoisotopic (exact) mass is 281 g/mol. The first-order chi connectivity index (χ1) is 9.33. The number of aryl methyl sites for hydroxylation is 1. The van der Waals surface area contributed by atoms with E-state index in [1.165, 1.54) is 0 Å². The summed E-state index contributed by atoms with van der Waals surface area (Å²) in [5.74, 6) is 1.22. The Balaban J connectivity index is 1.79. The van der Waals surface area contributed by atoms with Gasteiger partial charge in [0.1, 0.15) is 0 Å². The standard InChI is InChI=1S/C13H23N5O2/c1-10-15-16-11(20-10)9-17-5-7-18(8-6-17)12(19)14-13(2,3)4/h5-9H2,1-4H3,(H,14,19). The third kappa shape index (κ3) is 4.19. The van der Waals surface area contributed by atoms with Gasteiger partial charge in [0.15, 0.2) is 0 Å². The molecule has 20 heavy (non-hydrogen) atoms. The molecule has 1 aromatic rings. The van der Waals surface area contributed by atoms with Gasteiger partial charge >= 0.3 is 6.03 Å². The van der Waals surface area contributed by atoms with Crippen LogP contribution in [0.5, 0.6) is 0 Å². The number of urea groups is 1. The minimum absolute atomic E-state index is 0.00536. The molecule has 1 fully saturated rings. The molecule has 0 spiro atoms. The quantitative estimate of drug-likeness (QED) is 0.875. The van der Waals surface area contributed by atoms with Crippen molar-refractivity contribution in [1.82, 2.24) is 25.3 Å². The normalized spacial score (nSPS) is 17.3. The predicted octanol–water partition coefficient (Wildman–Crippen LogP) is 1.00. The highest BCUT2D eigenvalue weighted by Crippen LogP contribution is 2.09. The number of piperazine rings is 1. The Hall–Kier alpha value is -1.63. The molecule has 1 aromatic heterocycles. The summed E-state index contributed by atoms with van der Waals surface area (Å²) in [5, 5.41) is 10.8. The fraction of sp³-hybridized carbons (Fsp3) is 0.769. The zero-order chi connectivity index (χ0) is 14.8. The van der Waals surface area contributed by atoms with E-state index >= 15 is 0 Å². The molecule has 0 saturated carbocycles. The molecule has 1 aliphatic heterocycles. The number of hydrogen-bond donors (Lipinski definition) is 1. The number of aromatic nitrogens is 2. The third-order valence-corrected chi connectivity index (χ3v) is 3.07. The van der Waals surface area contributed by atoms with Crippen molar-refractivity contribution in [3.05, 3.63) is 11.8 Å². The zero-order valence-corrected chi connectivity index (χ0v) is 12.6. The van der Waals surface area contributed by atoms with Crippen LogP contribution in [0.1, 0.15) is 32.6 Å². The van der Waals surface area contributed by atoms with Crippen molar-refractivity contribution in [2.45, 2.75) is 39.8 Å². The van der Waals surface area contributed by atoms with Crippen LogP contribution in [-0.4, -0.2) is 57.7 Å². The first-order valence-corrected chi connectivity index (χ1v) is 6.92. The van der Waals surface area contributed by atoms with Crippen molar-refractivity contribution >= 4 is 6.03 Å². The number of nitrogens with one attached hydrogen (secondary N) is 1. The van der Waals surface area contributed by atoms with Crippen LogP contribution in [0.2, 0.25) is 0 Å². The van der Waals surface area contributed by atoms with Crippen molar-refractivity contribution in [3.63, 3.8) is 0 Å². The molecule has 112 valence electrons. The Labute approximate surface area is 119 Å². The van der Waals surface area contributed by atoms with Gasteiger partial charge in [0.25, 0.3) is 0 Å². The summed E-state index contributed by atoms with van der Waals surface area (Å²) in [4.78, 5) is 16.1. The largest absolute Gasteiger partial charge is 0.424 e. The van der Waals surface area contributed by atoms with Gasteiger partial charge < -0.3 is 14.6 Å². The lowest BCUT2D eigenvalue weighted by molar-refractivity contribution is 0.124. The van der Waals surface area contributed by atoms with Crippen LogP contribution in [0.25, 0.3) is 0 Å². The molecule has 2 rings (SSSR count). The Kier molecular flexibility index (Phi) is 4.27. The SMILES string of the molecule is Cc1nnc(CN2CCN(C(=O)NC(C)(C)C)CC2)o1. The molecule has 0 aliphatic carbocycles.